The first kappa shape index (κ1) is 16.5. The lowest BCUT2D eigenvalue weighted by Gasteiger charge is -2.11. The zero-order chi connectivity index (χ0) is 17.5. The topological polar surface area (TPSA) is 56.2 Å². The van der Waals surface area contributed by atoms with Crippen molar-refractivity contribution < 1.29 is 9.53 Å². The third-order valence-electron chi connectivity index (χ3n) is 3.64. The number of aromatic nitrogens is 2. The van der Waals surface area contributed by atoms with Crippen LogP contribution in [0, 0.1) is 0 Å². The molecular formula is C20H19N3O2. The molecule has 1 heterocycles. The summed E-state index contributed by atoms with van der Waals surface area (Å²) in [4.78, 5) is 16.6. The first-order chi connectivity index (χ1) is 12.3. The minimum Gasteiger partial charge on any atom is -0.444 e. The Morgan fingerprint density at radius 2 is 1.80 bits per heavy atom. The quantitative estimate of drug-likeness (QED) is 0.676. The summed E-state index contributed by atoms with van der Waals surface area (Å²) in [6.07, 6.45) is 2.90. The molecule has 0 aliphatic carbocycles. The van der Waals surface area contributed by atoms with Gasteiger partial charge in [-0.1, -0.05) is 66.7 Å². The van der Waals surface area contributed by atoms with Crippen LogP contribution in [0.15, 0.2) is 79.6 Å². The van der Waals surface area contributed by atoms with Crippen LogP contribution in [0.1, 0.15) is 5.56 Å². The Kier molecular flexibility index (Phi) is 5.26. The maximum absolute atomic E-state index is 12.2. The molecule has 0 atom stereocenters. The van der Waals surface area contributed by atoms with Crippen LogP contribution in [-0.2, 0) is 17.9 Å². The van der Waals surface area contributed by atoms with Crippen LogP contribution in [0.2, 0.25) is 0 Å². The lowest BCUT2D eigenvalue weighted by Crippen LogP contribution is -2.16. The van der Waals surface area contributed by atoms with E-state index in [1.807, 2.05) is 65.2 Å². The van der Waals surface area contributed by atoms with Crippen molar-refractivity contribution in [2.24, 2.45) is 0 Å². The summed E-state index contributed by atoms with van der Waals surface area (Å²) in [5.41, 5.74) is 2.54. The predicted octanol–water partition coefficient (Wildman–Crippen LogP) is 4.48. The Hall–Kier alpha value is -3.34. The molecule has 126 valence electrons. The molecule has 1 N–H and O–H groups in total. The zero-order valence-corrected chi connectivity index (χ0v) is 13.8. The highest BCUT2D eigenvalue weighted by Crippen LogP contribution is 2.26. The third kappa shape index (κ3) is 4.14. The van der Waals surface area contributed by atoms with Gasteiger partial charge in [0.1, 0.15) is 18.1 Å². The summed E-state index contributed by atoms with van der Waals surface area (Å²) in [6, 6.07) is 19.2. The van der Waals surface area contributed by atoms with E-state index in [0.717, 1.165) is 11.1 Å². The number of nitrogens with one attached hydrogen (secondary N) is 1. The van der Waals surface area contributed by atoms with Gasteiger partial charge >= 0.3 is 6.09 Å². The van der Waals surface area contributed by atoms with Crippen molar-refractivity contribution in [1.82, 2.24) is 9.55 Å². The van der Waals surface area contributed by atoms with E-state index in [-0.39, 0.29) is 6.61 Å². The molecule has 1 amide bonds. The van der Waals surface area contributed by atoms with Crippen LogP contribution in [0.3, 0.4) is 0 Å². The molecule has 1 aromatic heterocycles. The van der Waals surface area contributed by atoms with Crippen LogP contribution in [0.5, 0.6) is 0 Å². The van der Waals surface area contributed by atoms with E-state index in [1.165, 1.54) is 0 Å². The van der Waals surface area contributed by atoms with Crippen molar-refractivity contribution in [2.75, 3.05) is 5.32 Å². The molecule has 5 nitrogen and oxygen atoms in total. The Labute approximate surface area is 146 Å². The van der Waals surface area contributed by atoms with Crippen LogP contribution < -0.4 is 5.32 Å². The molecule has 0 fully saturated rings. The number of hydrogen-bond acceptors (Lipinski definition) is 3. The van der Waals surface area contributed by atoms with Crippen LogP contribution in [0.25, 0.3) is 11.3 Å². The van der Waals surface area contributed by atoms with E-state index in [4.69, 9.17) is 4.74 Å². The second-order valence-corrected chi connectivity index (χ2v) is 5.44. The Morgan fingerprint density at radius 1 is 1.12 bits per heavy atom. The van der Waals surface area contributed by atoms with Crippen molar-refractivity contribution in [3.8, 4) is 11.3 Å². The maximum atomic E-state index is 12.2. The summed E-state index contributed by atoms with van der Waals surface area (Å²) in [7, 11) is 0. The number of benzene rings is 2. The number of rotatable bonds is 6. The third-order valence-corrected chi connectivity index (χ3v) is 3.64. The molecule has 25 heavy (non-hydrogen) atoms. The van der Waals surface area contributed by atoms with E-state index in [2.05, 4.69) is 16.9 Å². The van der Waals surface area contributed by atoms with Crippen LogP contribution in [-0.4, -0.2) is 15.6 Å². The Morgan fingerprint density at radius 3 is 2.48 bits per heavy atom. The number of imidazole rings is 1. The first-order valence-electron chi connectivity index (χ1n) is 7.97. The van der Waals surface area contributed by atoms with Crippen LogP contribution in [0.4, 0.5) is 10.6 Å². The molecule has 0 bridgehead atoms. The van der Waals surface area contributed by atoms with E-state index in [1.54, 1.807) is 12.4 Å². The number of allylic oxidation sites excluding steroid dienone is 1. The van der Waals surface area contributed by atoms with Gasteiger partial charge in [0, 0.05) is 12.1 Å². The second kappa shape index (κ2) is 7.97. The summed E-state index contributed by atoms with van der Waals surface area (Å²) in [6.45, 7) is 4.49. The highest BCUT2D eigenvalue weighted by atomic mass is 16.5. The van der Waals surface area contributed by atoms with Crippen molar-refractivity contribution in [1.29, 1.82) is 0 Å². The normalized spacial score (nSPS) is 10.2. The van der Waals surface area contributed by atoms with E-state index in [0.29, 0.717) is 18.1 Å². The van der Waals surface area contributed by atoms with Gasteiger partial charge in [0.2, 0.25) is 0 Å². The molecule has 3 aromatic rings. The molecule has 0 saturated carbocycles. The van der Waals surface area contributed by atoms with Gasteiger partial charge in [-0.2, -0.15) is 0 Å². The first-order valence-corrected chi connectivity index (χ1v) is 7.97. The van der Waals surface area contributed by atoms with Crippen LogP contribution >= 0.6 is 0 Å². The summed E-state index contributed by atoms with van der Waals surface area (Å²) in [5.74, 6) is 0.587. The van der Waals surface area contributed by atoms with Gasteiger partial charge in [-0.15, -0.1) is 6.58 Å². The SMILES string of the molecule is C=CCn1cnc(-c2ccccc2)c1NC(=O)OCc1ccccc1. The van der Waals surface area contributed by atoms with Crippen molar-refractivity contribution >= 4 is 11.9 Å². The molecular weight excluding hydrogens is 314 g/mol. The molecule has 5 heteroatoms. The number of carbonyl (C=O) groups is 1. The molecule has 3 rings (SSSR count). The summed E-state index contributed by atoms with van der Waals surface area (Å²) >= 11 is 0. The second-order valence-electron chi connectivity index (χ2n) is 5.44. The van der Waals surface area contributed by atoms with Crippen molar-refractivity contribution in [3.63, 3.8) is 0 Å². The average molecular weight is 333 g/mol. The van der Waals surface area contributed by atoms with Crippen molar-refractivity contribution in [3.05, 3.63) is 85.2 Å². The Bertz CT molecular complexity index is 842. The fraction of sp³-hybridized carbons (Fsp3) is 0.100. The minimum atomic E-state index is -0.521. The summed E-state index contributed by atoms with van der Waals surface area (Å²) < 4.78 is 7.13. The molecule has 0 saturated heterocycles. The van der Waals surface area contributed by atoms with Gasteiger partial charge in [0.05, 0.1) is 6.33 Å². The monoisotopic (exact) mass is 333 g/mol. The number of carbonyl (C=O) groups excluding carboxylic acids is 1. The number of anilines is 1. The molecule has 2 aromatic carbocycles. The zero-order valence-electron chi connectivity index (χ0n) is 13.8. The predicted molar refractivity (Wildman–Crippen MR) is 98.1 cm³/mol. The van der Waals surface area contributed by atoms with Gasteiger partial charge in [-0.3, -0.25) is 5.32 Å². The maximum Gasteiger partial charge on any atom is 0.413 e. The molecule has 0 aliphatic heterocycles. The number of amides is 1. The lowest BCUT2D eigenvalue weighted by molar-refractivity contribution is 0.155. The van der Waals surface area contributed by atoms with E-state index >= 15 is 0 Å². The van der Waals surface area contributed by atoms with Gasteiger partial charge < -0.3 is 9.30 Å². The highest BCUT2D eigenvalue weighted by Gasteiger charge is 2.15. The van der Waals surface area contributed by atoms with Crippen molar-refractivity contribution in [2.45, 2.75) is 13.2 Å². The van der Waals surface area contributed by atoms with E-state index < -0.39 is 6.09 Å². The minimum absolute atomic E-state index is 0.211. The van der Waals surface area contributed by atoms with E-state index in [9.17, 15) is 4.79 Å². The number of ether oxygens (including phenoxy) is 1. The lowest BCUT2D eigenvalue weighted by atomic mass is 10.1. The number of hydrogen-bond donors (Lipinski definition) is 1. The van der Waals surface area contributed by atoms with Gasteiger partial charge in [0.15, 0.2) is 0 Å². The molecule has 0 radical (unpaired) electrons. The highest BCUT2D eigenvalue weighted by molar-refractivity contribution is 5.88. The molecule has 0 spiro atoms. The number of nitrogens with zero attached hydrogens (tertiary/aromatic N) is 2. The van der Waals surface area contributed by atoms with Gasteiger partial charge in [-0.25, -0.2) is 9.78 Å². The van der Waals surface area contributed by atoms with Gasteiger partial charge in [0.25, 0.3) is 0 Å². The summed E-state index contributed by atoms with van der Waals surface area (Å²) in [5, 5.41) is 2.80. The Balaban J connectivity index is 1.77. The smallest absolute Gasteiger partial charge is 0.413 e. The van der Waals surface area contributed by atoms with Gasteiger partial charge in [-0.05, 0) is 5.56 Å². The standard InChI is InChI=1S/C20H19N3O2/c1-2-13-23-15-21-18(17-11-7-4-8-12-17)19(23)22-20(24)25-14-16-9-5-3-6-10-16/h2-12,15H,1,13-14H2,(H,22,24). The average Bonchev–Trinajstić information content (AvgIpc) is 3.04. The molecule has 0 aliphatic rings. The largest absolute Gasteiger partial charge is 0.444 e. The molecule has 0 unspecified atom stereocenters. The fourth-order valence-corrected chi connectivity index (χ4v) is 2.45. The fourth-order valence-electron chi connectivity index (χ4n) is 2.45.